The molecule has 1 aliphatic rings. The van der Waals surface area contributed by atoms with E-state index in [9.17, 15) is 0 Å². The Labute approximate surface area is 81.0 Å². The molecular weight excluding hydrogens is 156 g/mol. The average Bonchev–Trinajstić information content (AvgIpc) is 2.53. The van der Waals surface area contributed by atoms with Gasteiger partial charge in [-0.3, -0.25) is 0 Å². The summed E-state index contributed by atoms with van der Waals surface area (Å²) in [6.07, 6.45) is 4.20. The Balaban J connectivity index is 2.13. The lowest BCUT2D eigenvalue weighted by Gasteiger charge is -2.09. The van der Waals surface area contributed by atoms with E-state index >= 15 is 0 Å². The Morgan fingerprint density at radius 3 is 2.31 bits per heavy atom. The van der Waals surface area contributed by atoms with Gasteiger partial charge in [0.05, 0.1) is 0 Å². The number of hydrogen-bond acceptors (Lipinski definition) is 0. The van der Waals surface area contributed by atoms with Gasteiger partial charge in [0.2, 0.25) is 0 Å². The highest BCUT2D eigenvalue weighted by Gasteiger charge is 2.22. The van der Waals surface area contributed by atoms with Gasteiger partial charge in [0, 0.05) is 0 Å². The van der Waals surface area contributed by atoms with Gasteiger partial charge in [-0.25, -0.2) is 0 Å². The van der Waals surface area contributed by atoms with Crippen molar-refractivity contribution in [2.75, 3.05) is 0 Å². The molecule has 0 heterocycles. The first kappa shape index (κ1) is 8.80. The van der Waals surface area contributed by atoms with Gasteiger partial charge in [0.15, 0.2) is 0 Å². The van der Waals surface area contributed by atoms with Crippen molar-refractivity contribution < 1.29 is 0 Å². The molecule has 2 rings (SSSR count). The second-order valence-electron chi connectivity index (χ2n) is 4.53. The summed E-state index contributed by atoms with van der Waals surface area (Å²) >= 11 is 0. The van der Waals surface area contributed by atoms with Crippen molar-refractivity contribution in [1.29, 1.82) is 0 Å². The summed E-state index contributed by atoms with van der Waals surface area (Å²) in [5.41, 5.74) is 2.92. The number of rotatable bonds is 1. The zero-order valence-corrected chi connectivity index (χ0v) is 8.59. The van der Waals surface area contributed by atoms with Crippen LogP contribution in [0.2, 0.25) is 0 Å². The van der Waals surface area contributed by atoms with Gasteiger partial charge < -0.3 is 0 Å². The van der Waals surface area contributed by atoms with Gasteiger partial charge in [0.1, 0.15) is 0 Å². The maximum Gasteiger partial charge on any atom is -0.0159 e. The third-order valence-corrected chi connectivity index (χ3v) is 3.24. The van der Waals surface area contributed by atoms with Crippen molar-refractivity contribution in [3.05, 3.63) is 35.4 Å². The van der Waals surface area contributed by atoms with Crippen molar-refractivity contribution >= 4 is 0 Å². The van der Waals surface area contributed by atoms with Crippen LogP contribution in [0.5, 0.6) is 0 Å². The zero-order valence-electron chi connectivity index (χ0n) is 8.59. The summed E-state index contributed by atoms with van der Waals surface area (Å²) in [4.78, 5) is 0. The second kappa shape index (κ2) is 3.53. The zero-order chi connectivity index (χ0) is 9.26. The van der Waals surface area contributed by atoms with Crippen LogP contribution in [0, 0.1) is 12.8 Å². The van der Waals surface area contributed by atoms with Gasteiger partial charge in [0.25, 0.3) is 0 Å². The van der Waals surface area contributed by atoms with Crippen LogP contribution in [0.15, 0.2) is 24.3 Å². The molecule has 1 aromatic rings. The van der Waals surface area contributed by atoms with E-state index in [0.29, 0.717) is 0 Å². The summed E-state index contributed by atoms with van der Waals surface area (Å²) in [7, 11) is 0. The van der Waals surface area contributed by atoms with Crippen LogP contribution in [-0.4, -0.2) is 0 Å². The van der Waals surface area contributed by atoms with Gasteiger partial charge >= 0.3 is 0 Å². The van der Waals surface area contributed by atoms with Crippen LogP contribution in [-0.2, 0) is 0 Å². The minimum atomic E-state index is 0.843. The summed E-state index contributed by atoms with van der Waals surface area (Å²) < 4.78 is 0. The predicted octanol–water partition coefficient (Wildman–Crippen LogP) is 3.90. The third kappa shape index (κ3) is 1.93. The van der Waals surface area contributed by atoms with E-state index in [-0.39, 0.29) is 0 Å². The molecule has 0 spiro atoms. The maximum absolute atomic E-state index is 2.37. The molecule has 0 saturated heterocycles. The van der Waals surface area contributed by atoms with E-state index in [2.05, 4.69) is 38.1 Å². The molecule has 0 aliphatic heterocycles. The maximum atomic E-state index is 2.37. The lowest BCUT2D eigenvalue weighted by Crippen LogP contribution is -1.92. The minimum absolute atomic E-state index is 0.843. The second-order valence-corrected chi connectivity index (χ2v) is 4.53. The van der Waals surface area contributed by atoms with Gasteiger partial charge in [-0.2, -0.15) is 0 Å². The largest absolute Gasteiger partial charge is 0.0625 e. The first-order valence-corrected chi connectivity index (χ1v) is 5.32. The molecular formula is C13H18. The predicted molar refractivity (Wildman–Crippen MR) is 56.9 cm³/mol. The molecule has 0 heteroatoms. The molecule has 1 aliphatic carbocycles. The molecule has 1 fully saturated rings. The summed E-state index contributed by atoms with van der Waals surface area (Å²) in [5.74, 6) is 1.78. The first-order valence-electron chi connectivity index (χ1n) is 5.32. The Morgan fingerprint density at radius 1 is 1.08 bits per heavy atom. The fourth-order valence-electron chi connectivity index (χ4n) is 2.35. The van der Waals surface area contributed by atoms with Crippen LogP contribution in [0.25, 0.3) is 0 Å². The van der Waals surface area contributed by atoms with Crippen molar-refractivity contribution in [1.82, 2.24) is 0 Å². The van der Waals surface area contributed by atoms with Gasteiger partial charge in [-0.05, 0) is 37.2 Å². The SMILES string of the molecule is Cc1ccc(C2CCC(C)C2)cc1. The number of hydrogen-bond donors (Lipinski definition) is 0. The lowest BCUT2D eigenvalue weighted by molar-refractivity contribution is 0.596. The third-order valence-electron chi connectivity index (χ3n) is 3.24. The summed E-state index contributed by atoms with van der Waals surface area (Å²) in [6.45, 7) is 4.52. The van der Waals surface area contributed by atoms with Gasteiger partial charge in [-0.1, -0.05) is 43.2 Å². The van der Waals surface area contributed by atoms with E-state index in [0.717, 1.165) is 11.8 Å². The van der Waals surface area contributed by atoms with Crippen molar-refractivity contribution in [2.45, 2.75) is 39.0 Å². The fraction of sp³-hybridized carbons (Fsp3) is 0.538. The molecule has 0 radical (unpaired) electrons. The highest BCUT2D eigenvalue weighted by atomic mass is 14.3. The molecule has 0 bridgehead atoms. The van der Waals surface area contributed by atoms with Crippen LogP contribution in [0.4, 0.5) is 0 Å². The summed E-state index contributed by atoms with van der Waals surface area (Å²) in [5, 5.41) is 0. The van der Waals surface area contributed by atoms with Crippen LogP contribution in [0.3, 0.4) is 0 Å². The Kier molecular flexibility index (Phi) is 2.39. The van der Waals surface area contributed by atoms with Crippen LogP contribution in [0.1, 0.15) is 43.2 Å². The molecule has 0 aromatic heterocycles. The summed E-state index contributed by atoms with van der Waals surface area (Å²) in [6, 6.07) is 9.08. The molecule has 0 nitrogen and oxygen atoms in total. The van der Waals surface area contributed by atoms with E-state index in [4.69, 9.17) is 0 Å². The Morgan fingerprint density at radius 2 is 1.77 bits per heavy atom. The van der Waals surface area contributed by atoms with Crippen molar-refractivity contribution in [2.24, 2.45) is 5.92 Å². The lowest BCUT2D eigenvalue weighted by atomic mass is 9.96. The molecule has 2 atom stereocenters. The first-order chi connectivity index (χ1) is 6.25. The van der Waals surface area contributed by atoms with Gasteiger partial charge in [-0.15, -0.1) is 0 Å². The molecule has 13 heavy (non-hydrogen) atoms. The van der Waals surface area contributed by atoms with Crippen molar-refractivity contribution in [3.8, 4) is 0 Å². The molecule has 0 amide bonds. The highest BCUT2D eigenvalue weighted by molar-refractivity contribution is 5.25. The molecule has 2 unspecified atom stereocenters. The standard InChI is InChI=1S/C13H18/c1-10-3-6-12(7-4-10)13-8-5-11(2)9-13/h3-4,6-7,11,13H,5,8-9H2,1-2H3. The minimum Gasteiger partial charge on any atom is -0.0625 e. The quantitative estimate of drug-likeness (QED) is 0.605. The molecule has 70 valence electrons. The van der Waals surface area contributed by atoms with E-state index in [1.54, 1.807) is 5.56 Å². The molecule has 0 N–H and O–H groups in total. The molecule has 1 aromatic carbocycles. The van der Waals surface area contributed by atoms with Crippen molar-refractivity contribution in [3.63, 3.8) is 0 Å². The normalized spacial score (nSPS) is 27.8. The van der Waals surface area contributed by atoms with E-state index < -0.39 is 0 Å². The number of aryl methyl sites for hydroxylation is 1. The smallest absolute Gasteiger partial charge is 0.0159 e. The monoisotopic (exact) mass is 174 g/mol. The fourth-order valence-corrected chi connectivity index (χ4v) is 2.35. The highest BCUT2D eigenvalue weighted by Crippen LogP contribution is 2.37. The molecule has 1 saturated carbocycles. The average molecular weight is 174 g/mol. The Hall–Kier alpha value is -0.780. The van der Waals surface area contributed by atoms with E-state index in [1.165, 1.54) is 24.8 Å². The van der Waals surface area contributed by atoms with Crippen LogP contribution >= 0.6 is 0 Å². The Bertz CT molecular complexity index is 271. The van der Waals surface area contributed by atoms with E-state index in [1.807, 2.05) is 0 Å². The van der Waals surface area contributed by atoms with Crippen LogP contribution < -0.4 is 0 Å². The topological polar surface area (TPSA) is 0 Å². The number of benzene rings is 1.